The van der Waals surface area contributed by atoms with Crippen LogP contribution in [0.3, 0.4) is 0 Å². The highest BCUT2D eigenvalue weighted by molar-refractivity contribution is 7.09. The van der Waals surface area contributed by atoms with E-state index in [9.17, 15) is 0 Å². The van der Waals surface area contributed by atoms with Crippen molar-refractivity contribution in [3.8, 4) is 0 Å². The average molecular weight is 269 g/mol. The number of thiophene rings is 1. The van der Waals surface area contributed by atoms with Gasteiger partial charge in [-0.25, -0.2) is 0 Å². The molecule has 2 aromatic rings. The Morgan fingerprint density at radius 3 is 3.00 bits per heavy atom. The topological polar surface area (TPSA) is 12.0 Å². The number of nitrogens with one attached hydrogen (secondary N) is 1. The smallest absolute Gasteiger partial charge is 0.0299 e. The first-order valence-corrected chi connectivity index (χ1v) is 8.12. The van der Waals surface area contributed by atoms with Crippen molar-refractivity contribution in [2.75, 3.05) is 6.54 Å². The summed E-state index contributed by atoms with van der Waals surface area (Å²) in [6.45, 7) is 2.22. The summed E-state index contributed by atoms with van der Waals surface area (Å²) < 4.78 is 0. The van der Waals surface area contributed by atoms with E-state index in [1.54, 1.807) is 11.1 Å². The van der Waals surface area contributed by atoms with Crippen molar-refractivity contribution in [3.05, 3.63) is 57.8 Å². The van der Waals surface area contributed by atoms with Crippen LogP contribution in [-0.2, 0) is 13.0 Å². The third-order valence-electron chi connectivity index (χ3n) is 4.75. The second kappa shape index (κ2) is 4.77. The Kier molecular flexibility index (Phi) is 2.93. The molecule has 1 fully saturated rings. The summed E-state index contributed by atoms with van der Waals surface area (Å²) in [4.78, 5) is 1.45. The number of aryl methyl sites for hydroxylation is 1. The van der Waals surface area contributed by atoms with Crippen molar-refractivity contribution in [1.29, 1.82) is 0 Å². The molecule has 0 radical (unpaired) electrons. The first kappa shape index (κ1) is 11.7. The van der Waals surface area contributed by atoms with Crippen molar-refractivity contribution >= 4 is 11.3 Å². The Labute approximate surface area is 118 Å². The van der Waals surface area contributed by atoms with Gasteiger partial charge in [0.05, 0.1) is 0 Å². The van der Waals surface area contributed by atoms with Crippen LogP contribution in [0.5, 0.6) is 0 Å². The third kappa shape index (κ3) is 2.13. The molecule has 1 aromatic heterocycles. The fourth-order valence-electron chi connectivity index (χ4n) is 3.76. The molecule has 1 N–H and O–H groups in total. The summed E-state index contributed by atoms with van der Waals surface area (Å²) >= 11 is 1.85. The number of rotatable bonds is 4. The number of benzene rings is 1. The first-order chi connectivity index (χ1) is 9.43. The van der Waals surface area contributed by atoms with Crippen LogP contribution < -0.4 is 5.32 Å². The molecule has 0 saturated heterocycles. The average Bonchev–Trinajstić information content (AvgIpc) is 2.91. The van der Waals surface area contributed by atoms with Gasteiger partial charge in [0.25, 0.3) is 0 Å². The molecule has 4 rings (SSSR count). The molecule has 0 aliphatic heterocycles. The zero-order chi connectivity index (χ0) is 12.7. The summed E-state index contributed by atoms with van der Waals surface area (Å²) in [5, 5.41) is 5.80. The molecule has 1 saturated carbocycles. The molecule has 1 heterocycles. The Balaban J connectivity index is 1.38. The standard InChI is InChI=1S/C17H19NS/c1-2-6-14-12(4-1)7-8-15-16(17(14)15)11-18-10-13-5-3-9-19-13/h1-6,9,15-18H,7-8,10-11H2. The molecule has 1 nitrogen and oxygen atoms in total. The minimum Gasteiger partial charge on any atom is -0.312 e. The van der Waals surface area contributed by atoms with Crippen molar-refractivity contribution < 1.29 is 0 Å². The zero-order valence-electron chi connectivity index (χ0n) is 11.0. The monoisotopic (exact) mass is 269 g/mol. The molecule has 3 unspecified atom stereocenters. The van der Waals surface area contributed by atoms with Gasteiger partial charge in [-0.3, -0.25) is 0 Å². The predicted octanol–water partition coefficient (Wildman–Crippen LogP) is 3.81. The molecular weight excluding hydrogens is 250 g/mol. The van der Waals surface area contributed by atoms with Crippen LogP contribution in [0.2, 0.25) is 0 Å². The molecule has 2 aliphatic carbocycles. The van der Waals surface area contributed by atoms with Crippen LogP contribution in [0, 0.1) is 11.8 Å². The molecule has 98 valence electrons. The van der Waals surface area contributed by atoms with E-state index >= 15 is 0 Å². The van der Waals surface area contributed by atoms with Gasteiger partial charge in [0.2, 0.25) is 0 Å². The highest BCUT2D eigenvalue weighted by Crippen LogP contribution is 2.59. The van der Waals surface area contributed by atoms with Crippen molar-refractivity contribution in [2.45, 2.75) is 25.3 Å². The molecule has 1 aromatic carbocycles. The lowest BCUT2D eigenvalue weighted by Gasteiger charge is -2.13. The van der Waals surface area contributed by atoms with Crippen LogP contribution in [0.1, 0.15) is 28.3 Å². The molecule has 0 amide bonds. The second-order valence-electron chi connectivity index (χ2n) is 5.80. The van der Waals surface area contributed by atoms with Crippen LogP contribution in [-0.4, -0.2) is 6.54 Å². The second-order valence-corrected chi connectivity index (χ2v) is 6.83. The van der Waals surface area contributed by atoms with E-state index in [-0.39, 0.29) is 0 Å². The molecule has 3 atom stereocenters. The first-order valence-electron chi connectivity index (χ1n) is 7.24. The van der Waals surface area contributed by atoms with Gasteiger partial charge < -0.3 is 5.32 Å². The minimum absolute atomic E-state index is 0.848. The minimum atomic E-state index is 0.848. The van der Waals surface area contributed by atoms with E-state index in [4.69, 9.17) is 0 Å². The van der Waals surface area contributed by atoms with Gasteiger partial charge in [-0.2, -0.15) is 0 Å². The predicted molar refractivity (Wildman–Crippen MR) is 80.5 cm³/mol. The SMILES string of the molecule is c1csc(CNCC2C3CCc4ccccc4C32)c1. The van der Waals surface area contributed by atoms with Crippen molar-refractivity contribution in [2.24, 2.45) is 11.8 Å². The molecule has 2 aliphatic rings. The molecular formula is C17H19NS. The third-order valence-corrected chi connectivity index (χ3v) is 5.63. The highest BCUT2D eigenvalue weighted by Gasteiger charge is 2.52. The molecule has 2 heteroatoms. The van der Waals surface area contributed by atoms with Crippen molar-refractivity contribution in [1.82, 2.24) is 5.32 Å². The summed E-state index contributed by atoms with van der Waals surface area (Å²) in [6, 6.07) is 13.4. The lowest BCUT2D eigenvalue weighted by atomic mass is 9.92. The number of hydrogen-bond acceptors (Lipinski definition) is 2. The van der Waals surface area contributed by atoms with Gasteiger partial charge >= 0.3 is 0 Å². The fourth-order valence-corrected chi connectivity index (χ4v) is 4.44. The lowest BCUT2D eigenvalue weighted by Crippen LogP contribution is -2.16. The van der Waals surface area contributed by atoms with Crippen LogP contribution in [0.15, 0.2) is 41.8 Å². The molecule has 0 bridgehead atoms. The lowest BCUT2D eigenvalue weighted by molar-refractivity contribution is 0.580. The van der Waals surface area contributed by atoms with Gasteiger partial charge in [-0.05, 0) is 59.7 Å². The Bertz CT molecular complexity index is 560. The summed E-state index contributed by atoms with van der Waals surface area (Å²) in [5.41, 5.74) is 3.24. The van der Waals surface area contributed by atoms with E-state index < -0.39 is 0 Å². The summed E-state index contributed by atoms with van der Waals surface area (Å²) in [6.07, 6.45) is 2.69. The van der Waals surface area contributed by atoms with Gasteiger partial charge in [-0.15, -0.1) is 11.3 Å². The summed E-state index contributed by atoms with van der Waals surface area (Å²) in [5.74, 6) is 2.68. The maximum Gasteiger partial charge on any atom is 0.0299 e. The van der Waals surface area contributed by atoms with E-state index in [1.165, 1.54) is 24.3 Å². The Morgan fingerprint density at radius 1 is 1.16 bits per heavy atom. The molecule has 19 heavy (non-hydrogen) atoms. The van der Waals surface area contributed by atoms with E-state index in [1.807, 2.05) is 11.3 Å². The van der Waals surface area contributed by atoms with Crippen molar-refractivity contribution in [3.63, 3.8) is 0 Å². The molecule has 0 spiro atoms. The normalized spacial score (nSPS) is 27.7. The van der Waals surface area contributed by atoms with E-state index in [0.717, 1.165) is 24.3 Å². The van der Waals surface area contributed by atoms with Gasteiger partial charge in [0, 0.05) is 11.4 Å². The fraction of sp³-hybridized carbons (Fsp3) is 0.412. The maximum absolute atomic E-state index is 3.65. The highest BCUT2D eigenvalue weighted by atomic mass is 32.1. The van der Waals surface area contributed by atoms with Gasteiger partial charge in [0.15, 0.2) is 0 Å². The number of fused-ring (bicyclic) bond motifs is 3. The Hall–Kier alpha value is -1.12. The number of hydrogen-bond donors (Lipinski definition) is 1. The van der Waals surface area contributed by atoms with Crippen LogP contribution >= 0.6 is 11.3 Å². The largest absolute Gasteiger partial charge is 0.312 e. The zero-order valence-corrected chi connectivity index (χ0v) is 11.8. The van der Waals surface area contributed by atoms with Gasteiger partial charge in [0.1, 0.15) is 0 Å². The summed E-state index contributed by atoms with van der Waals surface area (Å²) in [7, 11) is 0. The maximum atomic E-state index is 3.65. The Morgan fingerprint density at radius 2 is 2.11 bits per heavy atom. The van der Waals surface area contributed by atoms with E-state index in [0.29, 0.717) is 0 Å². The van der Waals surface area contributed by atoms with E-state index in [2.05, 4.69) is 47.1 Å². The quantitative estimate of drug-likeness (QED) is 0.890. The van der Waals surface area contributed by atoms with Gasteiger partial charge in [-0.1, -0.05) is 30.3 Å². The van der Waals surface area contributed by atoms with Crippen LogP contribution in [0.4, 0.5) is 0 Å². The van der Waals surface area contributed by atoms with Crippen LogP contribution in [0.25, 0.3) is 0 Å².